The summed E-state index contributed by atoms with van der Waals surface area (Å²) in [6.45, 7) is 3.58. The first-order valence-corrected chi connectivity index (χ1v) is 8.19. The molecule has 1 saturated heterocycles. The van der Waals surface area contributed by atoms with Gasteiger partial charge in [-0.3, -0.25) is 9.78 Å². The largest absolute Gasteiger partial charge is 0.343 e. The Kier molecular flexibility index (Phi) is 4.95. The molecule has 0 N–H and O–H groups in total. The Hall–Kier alpha value is -2.30. The Balaban J connectivity index is 1.49. The number of likely N-dealkylation sites (tertiary alicyclic amines) is 1. The molecule has 3 heterocycles. The topological polar surface area (TPSA) is 59.0 Å². The van der Waals surface area contributed by atoms with E-state index in [1.807, 2.05) is 42.3 Å². The predicted molar refractivity (Wildman–Crippen MR) is 87.9 cm³/mol. The van der Waals surface area contributed by atoms with E-state index >= 15 is 0 Å². The van der Waals surface area contributed by atoms with Crippen LogP contribution in [0.15, 0.2) is 36.7 Å². The molecule has 5 heteroatoms. The van der Waals surface area contributed by atoms with Crippen LogP contribution in [0.25, 0.3) is 0 Å². The maximum Gasteiger partial charge on any atom is 0.222 e. The van der Waals surface area contributed by atoms with Gasteiger partial charge in [-0.05, 0) is 44.4 Å². The van der Waals surface area contributed by atoms with E-state index in [4.69, 9.17) is 0 Å². The van der Waals surface area contributed by atoms with E-state index in [2.05, 4.69) is 15.0 Å². The van der Waals surface area contributed by atoms with Gasteiger partial charge in [-0.2, -0.15) is 0 Å². The van der Waals surface area contributed by atoms with Gasteiger partial charge in [0, 0.05) is 49.2 Å². The smallest absolute Gasteiger partial charge is 0.222 e. The Labute approximate surface area is 136 Å². The second-order valence-electron chi connectivity index (χ2n) is 6.03. The van der Waals surface area contributed by atoms with Crippen molar-refractivity contribution in [2.45, 2.75) is 38.5 Å². The highest BCUT2D eigenvalue weighted by molar-refractivity contribution is 5.76. The Morgan fingerprint density at radius 1 is 1.17 bits per heavy atom. The number of carbonyl (C=O) groups excluding carboxylic acids is 1. The van der Waals surface area contributed by atoms with Gasteiger partial charge in [0.1, 0.15) is 5.82 Å². The van der Waals surface area contributed by atoms with Crippen LogP contribution in [0.1, 0.15) is 42.4 Å². The molecule has 1 amide bonds. The Bertz CT molecular complexity index is 651. The van der Waals surface area contributed by atoms with Gasteiger partial charge < -0.3 is 4.90 Å². The van der Waals surface area contributed by atoms with Gasteiger partial charge >= 0.3 is 0 Å². The maximum absolute atomic E-state index is 12.3. The van der Waals surface area contributed by atoms with Gasteiger partial charge in [-0.1, -0.05) is 6.07 Å². The molecule has 0 saturated carbocycles. The lowest BCUT2D eigenvalue weighted by molar-refractivity contribution is -0.132. The summed E-state index contributed by atoms with van der Waals surface area (Å²) >= 11 is 0. The van der Waals surface area contributed by atoms with E-state index in [-0.39, 0.29) is 5.91 Å². The Morgan fingerprint density at radius 3 is 2.70 bits per heavy atom. The number of aryl methyl sites for hydroxylation is 2. The zero-order valence-electron chi connectivity index (χ0n) is 13.5. The standard InChI is InChI=1S/C18H22N4O/c1-14-7-11-20-18(21-14)15-8-12-22(13-9-15)17(23)6-5-16-4-2-3-10-19-16/h2-4,7,10-11,15H,5-6,8-9,12-13H2,1H3. The highest BCUT2D eigenvalue weighted by Gasteiger charge is 2.25. The molecule has 1 aliphatic heterocycles. The van der Waals surface area contributed by atoms with E-state index in [0.717, 1.165) is 43.1 Å². The number of amides is 1. The van der Waals surface area contributed by atoms with Crippen molar-refractivity contribution in [3.8, 4) is 0 Å². The van der Waals surface area contributed by atoms with Crippen LogP contribution in [0.2, 0.25) is 0 Å². The third-order valence-corrected chi connectivity index (χ3v) is 4.35. The number of hydrogen-bond donors (Lipinski definition) is 0. The highest BCUT2D eigenvalue weighted by Crippen LogP contribution is 2.25. The lowest BCUT2D eigenvalue weighted by Crippen LogP contribution is -2.38. The molecule has 120 valence electrons. The van der Waals surface area contributed by atoms with E-state index in [1.165, 1.54) is 0 Å². The van der Waals surface area contributed by atoms with Gasteiger partial charge in [-0.15, -0.1) is 0 Å². The zero-order valence-corrected chi connectivity index (χ0v) is 13.5. The third kappa shape index (κ3) is 4.12. The molecule has 0 bridgehead atoms. The van der Waals surface area contributed by atoms with Crippen LogP contribution < -0.4 is 0 Å². The van der Waals surface area contributed by atoms with Crippen LogP contribution in [0.3, 0.4) is 0 Å². The van der Waals surface area contributed by atoms with Crippen LogP contribution in [-0.2, 0) is 11.2 Å². The fourth-order valence-electron chi connectivity index (χ4n) is 2.99. The number of piperidine rings is 1. The summed E-state index contributed by atoms with van der Waals surface area (Å²) in [6, 6.07) is 7.73. The van der Waals surface area contributed by atoms with Crippen LogP contribution in [0.4, 0.5) is 0 Å². The van der Waals surface area contributed by atoms with Gasteiger partial charge in [0.25, 0.3) is 0 Å². The molecule has 1 aliphatic rings. The molecule has 23 heavy (non-hydrogen) atoms. The molecular weight excluding hydrogens is 288 g/mol. The average molecular weight is 310 g/mol. The number of rotatable bonds is 4. The molecule has 0 aromatic carbocycles. The van der Waals surface area contributed by atoms with Crippen molar-refractivity contribution in [2.75, 3.05) is 13.1 Å². The number of aromatic nitrogens is 3. The maximum atomic E-state index is 12.3. The normalized spacial score (nSPS) is 15.6. The third-order valence-electron chi connectivity index (χ3n) is 4.35. The number of nitrogens with zero attached hydrogens (tertiary/aromatic N) is 4. The molecule has 2 aromatic heterocycles. The lowest BCUT2D eigenvalue weighted by Gasteiger charge is -2.31. The SMILES string of the molecule is Cc1ccnc(C2CCN(C(=O)CCc3ccccn3)CC2)n1. The molecule has 0 unspecified atom stereocenters. The van der Waals surface area contributed by atoms with Crippen molar-refractivity contribution in [1.29, 1.82) is 0 Å². The molecule has 0 spiro atoms. The Morgan fingerprint density at radius 2 is 2.00 bits per heavy atom. The van der Waals surface area contributed by atoms with E-state index in [1.54, 1.807) is 6.20 Å². The quantitative estimate of drug-likeness (QED) is 0.870. The van der Waals surface area contributed by atoms with Crippen molar-refractivity contribution >= 4 is 5.91 Å². The molecule has 2 aromatic rings. The summed E-state index contributed by atoms with van der Waals surface area (Å²) in [7, 11) is 0. The summed E-state index contributed by atoms with van der Waals surface area (Å²) in [5, 5.41) is 0. The van der Waals surface area contributed by atoms with E-state index in [0.29, 0.717) is 18.8 Å². The van der Waals surface area contributed by atoms with Gasteiger partial charge in [0.2, 0.25) is 5.91 Å². The summed E-state index contributed by atoms with van der Waals surface area (Å²) < 4.78 is 0. The molecular formula is C18H22N4O. The molecule has 0 radical (unpaired) electrons. The minimum Gasteiger partial charge on any atom is -0.343 e. The summed E-state index contributed by atoms with van der Waals surface area (Å²) in [6.07, 6.45) is 6.72. The monoisotopic (exact) mass is 310 g/mol. The van der Waals surface area contributed by atoms with E-state index < -0.39 is 0 Å². The van der Waals surface area contributed by atoms with Crippen molar-refractivity contribution in [1.82, 2.24) is 19.9 Å². The molecule has 3 rings (SSSR count). The summed E-state index contributed by atoms with van der Waals surface area (Å²) in [4.78, 5) is 27.5. The van der Waals surface area contributed by atoms with Gasteiger partial charge in [0.15, 0.2) is 0 Å². The second kappa shape index (κ2) is 7.31. The number of hydrogen-bond acceptors (Lipinski definition) is 4. The molecule has 0 aliphatic carbocycles. The molecule has 0 atom stereocenters. The summed E-state index contributed by atoms with van der Waals surface area (Å²) in [5.41, 5.74) is 1.98. The minimum absolute atomic E-state index is 0.222. The first-order valence-electron chi connectivity index (χ1n) is 8.19. The fourth-order valence-corrected chi connectivity index (χ4v) is 2.99. The highest BCUT2D eigenvalue weighted by atomic mass is 16.2. The number of pyridine rings is 1. The fraction of sp³-hybridized carbons (Fsp3) is 0.444. The zero-order chi connectivity index (χ0) is 16.1. The lowest BCUT2D eigenvalue weighted by atomic mass is 9.95. The van der Waals surface area contributed by atoms with Crippen molar-refractivity contribution in [3.63, 3.8) is 0 Å². The average Bonchev–Trinajstić information content (AvgIpc) is 2.61. The number of carbonyl (C=O) groups is 1. The van der Waals surface area contributed by atoms with Crippen molar-refractivity contribution < 1.29 is 4.79 Å². The first-order chi connectivity index (χ1) is 11.2. The summed E-state index contributed by atoms with van der Waals surface area (Å²) in [5.74, 6) is 1.51. The van der Waals surface area contributed by atoms with Gasteiger partial charge in [0.05, 0.1) is 0 Å². The van der Waals surface area contributed by atoms with Crippen molar-refractivity contribution in [2.24, 2.45) is 0 Å². The predicted octanol–water partition coefficient (Wildman–Crippen LogP) is 2.52. The van der Waals surface area contributed by atoms with Crippen LogP contribution in [-0.4, -0.2) is 38.8 Å². The molecule has 5 nitrogen and oxygen atoms in total. The molecule has 1 fully saturated rings. The van der Waals surface area contributed by atoms with Crippen LogP contribution in [0.5, 0.6) is 0 Å². The first kappa shape index (κ1) is 15.6. The van der Waals surface area contributed by atoms with Crippen LogP contribution >= 0.6 is 0 Å². The minimum atomic E-state index is 0.222. The van der Waals surface area contributed by atoms with Crippen LogP contribution in [0, 0.1) is 6.92 Å². The second-order valence-corrected chi connectivity index (χ2v) is 6.03. The van der Waals surface area contributed by atoms with E-state index in [9.17, 15) is 4.79 Å². The van der Waals surface area contributed by atoms with Gasteiger partial charge in [-0.25, -0.2) is 9.97 Å². The van der Waals surface area contributed by atoms with Crippen molar-refractivity contribution in [3.05, 3.63) is 53.9 Å².